The molecule has 1 aliphatic rings. The van der Waals surface area contributed by atoms with E-state index in [1.54, 1.807) is 12.1 Å². The Bertz CT molecular complexity index is 751. The Labute approximate surface area is 164 Å². The molecular weight excluding hydrogens is 432 g/mol. The van der Waals surface area contributed by atoms with Crippen molar-refractivity contribution in [2.24, 2.45) is 10.7 Å². The normalized spacial score (nSPS) is 14.4. The van der Waals surface area contributed by atoms with Gasteiger partial charge in [-0.05, 0) is 61.6 Å². The molecule has 0 amide bonds. The van der Waals surface area contributed by atoms with Gasteiger partial charge < -0.3 is 15.8 Å². The van der Waals surface area contributed by atoms with Gasteiger partial charge in [0, 0.05) is 11.8 Å². The standard InChI is InChI=1S/C19H22FN3O.HI/c1-13(24-18-7-3-6-16(20)11-18)12-22-19(21)23-17-9-8-14-4-2-5-15(14)10-17;/h3,6-11,13H,2,4-5,12H2,1H3,(H3,21,22,23);1H. The number of nitrogens with zero attached hydrogens (tertiary/aromatic N) is 1. The van der Waals surface area contributed by atoms with Crippen LogP contribution in [0.5, 0.6) is 5.75 Å². The van der Waals surface area contributed by atoms with E-state index in [2.05, 4.69) is 22.4 Å². The van der Waals surface area contributed by atoms with E-state index in [0.717, 1.165) is 18.5 Å². The molecule has 1 aliphatic carbocycles. The summed E-state index contributed by atoms with van der Waals surface area (Å²) in [5, 5.41) is 3.11. The average molecular weight is 455 g/mol. The zero-order valence-electron chi connectivity index (χ0n) is 14.2. The maximum Gasteiger partial charge on any atom is 0.193 e. The van der Waals surface area contributed by atoms with Crippen LogP contribution < -0.4 is 15.8 Å². The van der Waals surface area contributed by atoms with Gasteiger partial charge in [0.25, 0.3) is 0 Å². The van der Waals surface area contributed by atoms with Crippen LogP contribution in [0.3, 0.4) is 0 Å². The number of guanidine groups is 1. The summed E-state index contributed by atoms with van der Waals surface area (Å²) >= 11 is 0. The van der Waals surface area contributed by atoms with Crippen LogP contribution in [0.15, 0.2) is 47.5 Å². The lowest BCUT2D eigenvalue weighted by molar-refractivity contribution is 0.229. The first-order valence-corrected chi connectivity index (χ1v) is 8.21. The summed E-state index contributed by atoms with van der Waals surface area (Å²) in [6, 6.07) is 12.4. The highest BCUT2D eigenvalue weighted by molar-refractivity contribution is 14.0. The third-order valence-electron chi connectivity index (χ3n) is 4.02. The number of benzene rings is 2. The van der Waals surface area contributed by atoms with Gasteiger partial charge in [0.2, 0.25) is 0 Å². The minimum atomic E-state index is -0.319. The number of rotatable bonds is 5. The Morgan fingerprint density at radius 1 is 1.24 bits per heavy atom. The first-order chi connectivity index (χ1) is 11.6. The first-order valence-electron chi connectivity index (χ1n) is 8.21. The highest BCUT2D eigenvalue weighted by Crippen LogP contribution is 2.24. The minimum Gasteiger partial charge on any atom is -0.489 e. The van der Waals surface area contributed by atoms with E-state index in [9.17, 15) is 4.39 Å². The molecule has 1 unspecified atom stereocenters. The molecular formula is C19H23FIN3O. The fourth-order valence-electron chi connectivity index (χ4n) is 2.87. The topological polar surface area (TPSA) is 59.6 Å². The van der Waals surface area contributed by atoms with Crippen LogP contribution in [0.2, 0.25) is 0 Å². The number of ether oxygens (including phenoxy) is 1. The fourth-order valence-corrected chi connectivity index (χ4v) is 2.87. The van der Waals surface area contributed by atoms with Crippen LogP contribution >= 0.6 is 24.0 Å². The number of hydrogen-bond acceptors (Lipinski definition) is 2. The van der Waals surface area contributed by atoms with Gasteiger partial charge in [-0.1, -0.05) is 12.1 Å². The van der Waals surface area contributed by atoms with E-state index in [4.69, 9.17) is 10.5 Å². The second-order valence-electron chi connectivity index (χ2n) is 6.07. The lowest BCUT2D eigenvalue weighted by Gasteiger charge is -2.13. The maximum atomic E-state index is 13.1. The highest BCUT2D eigenvalue weighted by atomic mass is 127. The predicted octanol–water partition coefficient (Wildman–Crippen LogP) is 4.13. The lowest BCUT2D eigenvalue weighted by atomic mass is 10.1. The van der Waals surface area contributed by atoms with Gasteiger partial charge >= 0.3 is 0 Å². The zero-order chi connectivity index (χ0) is 16.9. The van der Waals surface area contributed by atoms with E-state index in [1.807, 2.05) is 13.0 Å². The van der Waals surface area contributed by atoms with Crippen molar-refractivity contribution in [3.63, 3.8) is 0 Å². The van der Waals surface area contributed by atoms with E-state index in [-0.39, 0.29) is 35.9 Å². The lowest BCUT2D eigenvalue weighted by Crippen LogP contribution is -2.25. The minimum absolute atomic E-state index is 0. The Balaban J connectivity index is 0.00000225. The van der Waals surface area contributed by atoms with Crippen LogP contribution in [0.1, 0.15) is 24.5 Å². The van der Waals surface area contributed by atoms with Gasteiger partial charge in [-0.3, -0.25) is 0 Å². The monoisotopic (exact) mass is 455 g/mol. The smallest absolute Gasteiger partial charge is 0.193 e. The number of fused-ring (bicyclic) bond motifs is 1. The molecule has 134 valence electrons. The molecule has 4 nitrogen and oxygen atoms in total. The van der Waals surface area contributed by atoms with Crippen molar-refractivity contribution in [1.29, 1.82) is 0 Å². The number of aryl methyl sites for hydroxylation is 2. The zero-order valence-corrected chi connectivity index (χ0v) is 16.5. The molecule has 25 heavy (non-hydrogen) atoms. The van der Waals surface area contributed by atoms with Crippen LogP contribution in [-0.4, -0.2) is 18.6 Å². The number of hydrogen-bond donors (Lipinski definition) is 2. The van der Waals surface area contributed by atoms with E-state index >= 15 is 0 Å². The Hall–Kier alpha value is -1.83. The number of halogens is 2. The van der Waals surface area contributed by atoms with Crippen molar-refractivity contribution in [1.82, 2.24) is 0 Å². The molecule has 0 saturated heterocycles. The quantitative estimate of drug-likeness (QED) is 0.405. The summed E-state index contributed by atoms with van der Waals surface area (Å²) in [7, 11) is 0. The van der Waals surface area contributed by atoms with Crippen molar-refractivity contribution in [3.8, 4) is 5.75 Å². The van der Waals surface area contributed by atoms with Gasteiger partial charge in [-0.2, -0.15) is 0 Å². The maximum absolute atomic E-state index is 13.1. The number of anilines is 1. The molecule has 0 aliphatic heterocycles. The van der Waals surface area contributed by atoms with Crippen LogP contribution in [0, 0.1) is 5.82 Å². The van der Waals surface area contributed by atoms with Gasteiger partial charge in [-0.25, -0.2) is 9.38 Å². The summed E-state index contributed by atoms with van der Waals surface area (Å²) in [6.45, 7) is 2.26. The number of aliphatic imine (C=N–C) groups is 1. The number of nitrogens with two attached hydrogens (primary N) is 1. The molecule has 0 aromatic heterocycles. The third kappa shape index (κ3) is 5.59. The predicted molar refractivity (Wildman–Crippen MR) is 110 cm³/mol. The van der Waals surface area contributed by atoms with E-state index in [0.29, 0.717) is 18.3 Å². The van der Waals surface area contributed by atoms with Crippen LogP contribution in [0.25, 0.3) is 0 Å². The van der Waals surface area contributed by atoms with Crippen LogP contribution in [0.4, 0.5) is 10.1 Å². The molecule has 0 bridgehead atoms. The second kappa shape index (κ2) is 9.03. The third-order valence-corrected chi connectivity index (χ3v) is 4.02. The largest absolute Gasteiger partial charge is 0.489 e. The van der Waals surface area contributed by atoms with E-state index in [1.165, 1.54) is 29.7 Å². The summed E-state index contributed by atoms with van der Waals surface area (Å²) in [5.74, 6) is 0.520. The average Bonchev–Trinajstić information content (AvgIpc) is 3.00. The van der Waals surface area contributed by atoms with E-state index < -0.39 is 0 Å². The fraction of sp³-hybridized carbons (Fsp3) is 0.316. The first kappa shape index (κ1) is 19.5. The number of nitrogens with one attached hydrogen (secondary N) is 1. The summed E-state index contributed by atoms with van der Waals surface area (Å²) in [5.41, 5.74) is 9.70. The molecule has 0 radical (unpaired) electrons. The summed E-state index contributed by atoms with van der Waals surface area (Å²) in [6.07, 6.45) is 3.30. The Morgan fingerprint density at radius 2 is 2.04 bits per heavy atom. The highest BCUT2D eigenvalue weighted by Gasteiger charge is 2.11. The molecule has 2 aromatic rings. The molecule has 0 heterocycles. The van der Waals surface area contributed by atoms with Gasteiger partial charge in [0.05, 0.1) is 6.54 Å². The van der Waals surface area contributed by atoms with Gasteiger partial charge in [-0.15, -0.1) is 24.0 Å². The van der Waals surface area contributed by atoms with Crippen molar-refractivity contribution >= 4 is 35.6 Å². The second-order valence-corrected chi connectivity index (χ2v) is 6.07. The molecule has 2 aromatic carbocycles. The molecule has 0 saturated carbocycles. The molecule has 0 fully saturated rings. The molecule has 0 spiro atoms. The van der Waals surface area contributed by atoms with Gasteiger partial charge in [0.15, 0.2) is 5.96 Å². The van der Waals surface area contributed by atoms with Crippen molar-refractivity contribution < 1.29 is 9.13 Å². The van der Waals surface area contributed by atoms with Crippen LogP contribution in [-0.2, 0) is 12.8 Å². The summed E-state index contributed by atoms with van der Waals surface area (Å²) < 4.78 is 18.8. The molecule has 3 N–H and O–H groups in total. The van der Waals surface area contributed by atoms with Crippen molar-refractivity contribution in [3.05, 3.63) is 59.4 Å². The van der Waals surface area contributed by atoms with Gasteiger partial charge in [0.1, 0.15) is 17.7 Å². The van der Waals surface area contributed by atoms with Crippen molar-refractivity contribution in [2.45, 2.75) is 32.3 Å². The van der Waals surface area contributed by atoms with Crippen molar-refractivity contribution in [2.75, 3.05) is 11.9 Å². The Kier molecular flexibility index (Phi) is 7.04. The summed E-state index contributed by atoms with van der Waals surface area (Å²) in [4.78, 5) is 4.30. The molecule has 1 atom stereocenters. The molecule has 6 heteroatoms. The Morgan fingerprint density at radius 3 is 2.84 bits per heavy atom. The SMILES string of the molecule is CC(CN=C(N)Nc1ccc2c(c1)CCC2)Oc1cccc(F)c1.I. The molecule has 3 rings (SSSR count).